The molecule has 1 aliphatic rings. The Morgan fingerprint density at radius 2 is 2.00 bits per heavy atom. The van der Waals surface area contributed by atoms with Gasteiger partial charge < -0.3 is 5.11 Å². The van der Waals surface area contributed by atoms with Gasteiger partial charge in [0.15, 0.2) is 0 Å². The molecule has 1 aromatic carbocycles. The topological polar surface area (TPSA) is 20.2 Å². The van der Waals surface area contributed by atoms with Crippen molar-refractivity contribution in [1.29, 1.82) is 0 Å². The number of hydrogen-bond donors (Lipinski definition) is 1. The van der Waals surface area contributed by atoms with Crippen LogP contribution in [0.1, 0.15) is 50.7 Å². The highest BCUT2D eigenvalue weighted by atomic mass is 19.1. The predicted octanol–water partition coefficient (Wildman–Crippen LogP) is 4.08. The zero-order chi connectivity index (χ0) is 12.3. The quantitative estimate of drug-likeness (QED) is 0.838. The minimum Gasteiger partial charge on any atom is -0.388 e. The van der Waals surface area contributed by atoms with E-state index in [1.807, 2.05) is 0 Å². The molecular formula is C15H21FO. The number of halogens is 1. The Morgan fingerprint density at radius 3 is 2.65 bits per heavy atom. The molecule has 0 bridgehead atoms. The van der Waals surface area contributed by atoms with Crippen LogP contribution in [0.15, 0.2) is 24.3 Å². The Kier molecular flexibility index (Phi) is 4.16. The summed E-state index contributed by atoms with van der Waals surface area (Å²) in [5.41, 5.74) is 0.855. The third-order valence-electron chi connectivity index (χ3n) is 4.06. The minimum absolute atomic E-state index is 0.240. The van der Waals surface area contributed by atoms with Gasteiger partial charge in [-0.3, -0.25) is 0 Å². The maximum absolute atomic E-state index is 12.8. The Hall–Kier alpha value is -0.890. The number of aliphatic hydroxyl groups excluding tert-OH is 1. The summed E-state index contributed by atoms with van der Waals surface area (Å²) in [6.07, 6.45) is 5.48. The van der Waals surface area contributed by atoms with E-state index in [1.54, 1.807) is 12.1 Å². The minimum atomic E-state index is -0.426. The summed E-state index contributed by atoms with van der Waals surface area (Å²) in [6.45, 7) is 2.22. The van der Waals surface area contributed by atoms with E-state index in [2.05, 4.69) is 6.92 Å². The van der Waals surface area contributed by atoms with Crippen molar-refractivity contribution >= 4 is 0 Å². The van der Waals surface area contributed by atoms with E-state index in [-0.39, 0.29) is 5.82 Å². The van der Waals surface area contributed by atoms with Crippen LogP contribution in [0, 0.1) is 17.7 Å². The molecule has 2 heteroatoms. The van der Waals surface area contributed by atoms with E-state index in [0.717, 1.165) is 24.3 Å². The SMILES string of the molecule is CCC1CCCC(C(O)c2ccc(F)cc2)C1. The first-order chi connectivity index (χ1) is 8.20. The number of aliphatic hydroxyl groups is 1. The van der Waals surface area contributed by atoms with Gasteiger partial charge >= 0.3 is 0 Å². The molecule has 94 valence electrons. The highest BCUT2D eigenvalue weighted by molar-refractivity contribution is 5.19. The van der Waals surface area contributed by atoms with Crippen molar-refractivity contribution in [2.45, 2.75) is 45.1 Å². The van der Waals surface area contributed by atoms with Gasteiger partial charge in [0.25, 0.3) is 0 Å². The van der Waals surface area contributed by atoms with Crippen molar-refractivity contribution in [3.8, 4) is 0 Å². The second-order valence-electron chi connectivity index (χ2n) is 5.20. The average molecular weight is 236 g/mol. The third-order valence-corrected chi connectivity index (χ3v) is 4.06. The molecule has 0 heterocycles. The molecular weight excluding hydrogens is 215 g/mol. The molecule has 1 saturated carbocycles. The molecule has 1 fully saturated rings. The third kappa shape index (κ3) is 3.06. The van der Waals surface area contributed by atoms with Crippen molar-refractivity contribution in [2.24, 2.45) is 11.8 Å². The van der Waals surface area contributed by atoms with Gasteiger partial charge in [-0.15, -0.1) is 0 Å². The Morgan fingerprint density at radius 1 is 1.29 bits per heavy atom. The molecule has 1 nitrogen and oxygen atoms in total. The summed E-state index contributed by atoms with van der Waals surface area (Å²) < 4.78 is 12.8. The van der Waals surface area contributed by atoms with E-state index >= 15 is 0 Å². The van der Waals surface area contributed by atoms with E-state index in [1.165, 1.54) is 31.4 Å². The van der Waals surface area contributed by atoms with Crippen molar-refractivity contribution in [1.82, 2.24) is 0 Å². The van der Waals surface area contributed by atoms with Crippen molar-refractivity contribution in [2.75, 3.05) is 0 Å². The number of rotatable bonds is 3. The molecule has 3 atom stereocenters. The lowest BCUT2D eigenvalue weighted by atomic mass is 9.76. The summed E-state index contributed by atoms with van der Waals surface area (Å²) in [4.78, 5) is 0. The van der Waals surface area contributed by atoms with Crippen LogP contribution < -0.4 is 0 Å². The van der Waals surface area contributed by atoms with Crippen LogP contribution in [0.5, 0.6) is 0 Å². The molecule has 1 aliphatic carbocycles. The van der Waals surface area contributed by atoms with E-state index in [0.29, 0.717) is 5.92 Å². The maximum atomic E-state index is 12.8. The summed E-state index contributed by atoms with van der Waals surface area (Å²) >= 11 is 0. The lowest BCUT2D eigenvalue weighted by molar-refractivity contribution is 0.0677. The lowest BCUT2D eigenvalue weighted by Crippen LogP contribution is -2.21. The first-order valence-electron chi connectivity index (χ1n) is 6.64. The van der Waals surface area contributed by atoms with Crippen LogP contribution >= 0.6 is 0 Å². The monoisotopic (exact) mass is 236 g/mol. The Labute approximate surface area is 103 Å². The normalized spacial score (nSPS) is 26.8. The largest absolute Gasteiger partial charge is 0.388 e. The van der Waals surface area contributed by atoms with Crippen LogP contribution in [0.4, 0.5) is 4.39 Å². The van der Waals surface area contributed by atoms with Crippen LogP contribution in [0.2, 0.25) is 0 Å². The maximum Gasteiger partial charge on any atom is 0.123 e. The Balaban J connectivity index is 2.03. The molecule has 17 heavy (non-hydrogen) atoms. The fourth-order valence-corrected chi connectivity index (χ4v) is 2.92. The van der Waals surface area contributed by atoms with Gasteiger partial charge in [0.2, 0.25) is 0 Å². The lowest BCUT2D eigenvalue weighted by Gasteiger charge is -2.31. The van der Waals surface area contributed by atoms with Gasteiger partial charge in [-0.2, -0.15) is 0 Å². The van der Waals surface area contributed by atoms with Gasteiger partial charge in [0.1, 0.15) is 5.82 Å². The van der Waals surface area contributed by atoms with Crippen LogP contribution in [0.25, 0.3) is 0 Å². The fraction of sp³-hybridized carbons (Fsp3) is 0.600. The summed E-state index contributed by atoms with van der Waals surface area (Å²) in [5, 5.41) is 10.3. The van der Waals surface area contributed by atoms with Crippen LogP contribution in [0.3, 0.4) is 0 Å². The summed E-state index contributed by atoms with van der Waals surface area (Å²) in [7, 11) is 0. The highest BCUT2D eigenvalue weighted by Crippen LogP contribution is 2.38. The highest BCUT2D eigenvalue weighted by Gasteiger charge is 2.27. The van der Waals surface area contributed by atoms with Crippen molar-refractivity contribution in [3.05, 3.63) is 35.6 Å². The molecule has 0 aliphatic heterocycles. The van der Waals surface area contributed by atoms with E-state index < -0.39 is 6.10 Å². The second kappa shape index (κ2) is 5.63. The summed E-state index contributed by atoms with van der Waals surface area (Å²) in [5.74, 6) is 0.860. The molecule has 0 saturated heterocycles. The molecule has 1 N–H and O–H groups in total. The molecule has 0 radical (unpaired) electrons. The average Bonchev–Trinajstić information content (AvgIpc) is 2.39. The molecule has 2 rings (SSSR count). The van der Waals surface area contributed by atoms with Crippen molar-refractivity contribution in [3.63, 3.8) is 0 Å². The Bertz CT molecular complexity index is 346. The first-order valence-corrected chi connectivity index (χ1v) is 6.64. The molecule has 0 amide bonds. The van der Waals surface area contributed by atoms with Gasteiger partial charge in [-0.25, -0.2) is 4.39 Å². The van der Waals surface area contributed by atoms with Gasteiger partial charge in [-0.1, -0.05) is 38.3 Å². The van der Waals surface area contributed by atoms with Gasteiger partial charge in [-0.05, 0) is 42.4 Å². The molecule has 3 unspecified atom stereocenters. The molecule has 0 aromatic heterocycles. The smallest absolute Gasteiger partial charge is 0.123 e. The number of benzene rings is 1. The first kappa shape index (κ1) is 12.6. The standard InChI is InChI=1S/C15H21FO/c1-2-11-4-3-5-13(10-11)15(17)12-6-8-14(16)9-7-12/h6-9,11,13,15,17H,2-5,10H2,1H3. The fourth-order valence-electron chi connectivity index (χ4n) is 2.92. The van der Waals surface area contributed by atoms with Crippen molar-refractivity contribution < 1.29 is 9.50 Å². The number of hydrogen-bond acceptors (Lipinski definition) is 1. The predicted molar refractivity (Wildman–Crippen MR) is 67.1 cm³/mol. The van der Waals surface area contributed by atoms with Gasteiger partial charge in [0.05, 0.1) is 6.10 Å². The van der Waals surface area contributed by atoms with Gasteiger partial charge in [0, 0.05) is 0 Å². The van der Waals surface area contributed by atoms with Crippen LogP contribution in [-0.2, 0) is 0 Å². The van der Waals surface area contributed by atoms with E-state index in [4.69, 9.17) is 0 Å². The molecule has 0 spiro atoms. The molecule has 1 aromatic rings. The zero-order valence-corrected chi connectivity index (χ0v) is 10.4. The van der Waals surface area contributed by atoms with Crippen LogP contribution in [-0.4, -0.2) is 5.11 Å². The summed E-state index contributed by atoms with van der Waals surface area (Å²) in [6, 6.07) is 6.27. The zero-order valence-electron chi connectivity index (χ0n) is 10.4. The van der Waals surface area contributed by atoms with E-state index in [9.17, 15) is 9.50 Å². The second-order valence-corrected chi connectivity index (χ2v) is 5.20.